The Morgan fingerprint density at radius 2 is 1.76 bits per heavy atom. The molecule has 2 rings (SSSR count). The molecule has 0 aliphatic rings. The normalized spacial score (nSPS) is 10.4. The minimum atomic E-state index is 0.0647. The Bertz CT molecular complexity index is 616. The molecule has 110 valence electrons. The van der Waals surface area contributed by atoms with E-state index in [2.05, 4.69) is 0 Å². The Balaban J connectivity index is 1.88. The molecule has 0 saturated heterocycles. The zero-order chi connectivity index (χ0) is 15.2. The van der Waals surface area contributed by atoms with E-state index in [4.69, 9.17) is 23.2 Å². The predicted octanol–water partition coefficient (Wildman–Crippen LogP) is 4.74. The summed E-state index contributed by atoms with van der Waals surface area (Å²) in [5, 5.41) is 1.38. The van der Waals surface area contributed by atoms with Crippen LogP contribution in [0.3, 0.4) is 0 Å². The van der Waals surface area contributed by atoms with Crippen LogP contribution in [0.25, 0.3) is 0 Å². The Hall–Kier alpha value is -1.16. The van der Waals surface area contributed by atoms with Crippen molar-refractivity contribution in [2.75, 3.05) is 12.8 Å². The van der Waals surface area contributed by atoms with Gasteiger partial charge in [0, 0.05) is 28.5 Å². The number of halogens is 2. The molecule has 0 aromatic heterocycles. The maximum atomic E-state index is 12.1. The van der Waals surface area contributed by atoms with Gasteiger partial charge in [-0.05, 0) is 35.9 Å². The maximum absolute atomic E-state index is 12.1. The molecular formula is C16H15Cl2NOS. The van der Waals surface area contributed by atoms with Gasteiger partial charge < -0.3 is 4.90 Å². The Morgan fingerprint density at radius 3 is 2.43 bits per heavy atom. The molecule has 0 unspecified atom stereocenters. The standard InChI is InChI=1S/C16H15Cl2NOS/c1-19(10-12-4-2-3-5-15(12)18)16(20)11-21-14-8-6-13(17)7-9-14/h2-9H,10-11H2,1H3. The molecule has 0 radical (unpaired) electrons. The van der Waals surface area contributed by atoms with Crippen molar-refractivity contribution < 1.29 is 4.79 Å². The summed E-state index contributed by atoms with van der Waals surface area (Å²) in [7, 11) is 1.79. The quantitative estimate of drug-likeness (QED) is 0.733. The van der Waals surface area contributed by atoms with Crippen molar-refractivity contribution in [1.29, 1.82) is 0 Å². The number of hydrogen-bond donors (Lipinski definition) is 0. The minimum Gasteiger partial charge on any atom is -0.341 e. The van der Waals surface area contributed by atoms with Gasteiger partial charge in [0.2, 0.25) is 5.91 Å². The molecule has 0 spiro atoms. The second-order valence-electron chi connectivity index (χ2n) is 4.58. The molecule has 0 fully saturated rings. The van der Waals surface area contributed by atoms with E-state index < -0.39 is 0 Å². The van der Waals surface area contributed by atoms with Crippen LogP contribution in [0.2, 0.25) is 10.0 Å². The molecule has 0 aliphatic heterocycles. The van der Waals surface area contributed by atoms with E-state index in [0.29, 0.717) is 22.3 Å². The largest absolute Gasteiger partial charge is 0.341 e. The first-order chi connectivity index (χ1) is 10.1. The van der Waals surface area contributed by atoms with Gasteiger partial charge in [-0.15, -0.1) is 11.8 Å². The lowest BCUT2D eigenvalue weighted by atomic mass is 10.2. The van der Waals surface area contributed by atoms with Crippen LogP contribution in [0.15, 0.2) is 53.4 Å². The average molecular weight is 340 g/mol. The number of carbonyl (C=O) groups is 1. The lowest BCUT2D eigenvalue weighted by Gasteiger charge is -2.17. The van der Waals surface area contributed by atoms with E-state index in [1.807, 2.05) is 48.5 Å². The number of rotatable bonds is 5. The van der Waals surface area contributed by atoms with Crippen molar-refractivity contribution in [2.45, 2.75) is 11.4 Å². The monoisotopic (exact) mass is 339 g/mol. The van der Waals surface area contributed by atoms with Gasteiger partial charge >= 0.3 is 0 Å². The highest BCUT2D eigenvalue weighted by Gasteiger charge is 2.11. The maximum Gasteiger partial charge on any atom is 0.232 e. The molecule has 21 heavy (non-hydrogen) atoms. The number of carbonyl (C=O) groups excluding carboxylic acids is 1. The highest BCUT2D eigenvalue weighted by atomic mass is 35.5. The summed E-state index contributed by atoms with van der Waals surface area (Å²) in [6.45, 7) is 0.514. The first-order valence-electron chi connectivity index (χ1n) is 6.42. The van der Waals surface area contributed by atoms with E-state index in [1.165, 1.54) is 11.8 Å². The van der Waals surface area contributed by atoms with Crippen molar-refractivity contribution in [2.24, 2.45) is 0 Å². The van der Waals surface area contributed by atoms with Gasteiger partial charge in [-0.3, -0.25) is 4.79 Å². The number of hydrogen-bond acceptors (Lipinski definition) is 2. The lowest BCUT2D eigenvalue weighted by molar-refractivity contribution is -0.127. The van der Waals surface area contributed by atoms with Crippen molar-refractivity contribution in [3.63, 3.8) is 0 Å². The Morgan fingerprint density at radius 1 is 1.10 bits per heavy atom. The van der Waals surface area contributed by atoms with E-state index in [1.54, 1.807) is 11.9 Å². The first-order valence-corrected chi connectivity index (χ1v) is 8.16. The van der Waals surface area contributed by atoms with Crippen LogP contribution < -0.4 is 0 Å². The number of thioether (sulfide) groups is 1. The topological polar surface area (TPSA) is 20.3 Å². The van der Waals surface area contributed by atoms with E-state index in [-0.39, 0.29) is 5.91 Å². The van der Waals surface area contributed by atoms with Gasteiger partial charge in [0.25, 0.3) is 0 Å². The van der Waals surface area contributed by atoms with Crippen LogP contribution in [0, 0.1) is 0 Å². The minimum absolute atomic E-state index is 0.0647. The van der Waals surface area contributed by atoms with E-state index in [0.717, 1.165) is 10.5 Å². The summed E-state index contributed by atoms with van der Waals surface area (Å²) in [5.74, 6) is 0.456. The third kappa shape index (κ3) is 4.95. The molecule has 0 bridgehead atoms. The molecule has 1 amide bonds. The fraction of sp³-hybridized carbons (Fsp3) is 0.188. The van der Waals surface area contributed by atoms with Crippen molar-refractivity contribution in [3.8, 4) is 0 Å². The van der Waals surface area contributed by atoms with E-state index >= 15 is 0 Å². The average Bonchev–Trinajstić information content (AvgIpc) is 2.48. The van der Waals surface area contributed by atoms with Crippen LogP contribution >= 0.6 is 35.0 Å². The smallest absolute Gasteiger partial charge is 0.232 e. The highest BCUT2D eigenvalue weighted by Crippen LogP contribution is 2.21. The highest BCUT2D eigenvalue weighted by molar-refractivity contribution is 8.00. The molecule has 0 atom stereocenters. The molecule has 0 heterocycles. The van der Waals surface area contributed by atoms with Gasteiger partial charge in [0.15, 0.2) is 0 Å². The van der Waals surface area contributed by atoms with Gasteiger partial charge in [-0.1, -0.05) is 41.4 Å². The fourth-order valence-electron chi connectivity index (χ4n) is 1.76. The summed E-state index contributed by atoms with van der Waals surface area (Å²) in [6.07, 6.45) is 0. The van der Waals surface area contributed by atoms with Crippen LogP contribution in [0.4, 0.5) is 0 Å². The zero-order valence-corrected chi connectivity index (χ0v) is 13.9. The van der Waals surface area contributed by atoms with Crippen LogP contribution in [0.1, 0.15) is 5.56 Å². The number of amides is 1. The van der Waals surface area contributed by atoms with Crippen molar-refractivity contribution in [3.05, 3.63) is 64.1 Å². The van der Waals surface area contributed by atoms with Crippen molar-refractivity contribution >= 4 is 40.9 Å². The van der Waals surface area contributed by atoms with Gasteiger partial charge in [0.1, 0.15) is 0 Å². The summed E-state index contributed by atoms with van der Waals surface area (Å²) in [4.78, 5) is 14.8. The Labute approximate surface area is 139 Å². The second kappa shape index (κ2) is 7.74. The molecule has 5 heteroatoms. The van der Waals surface area contributed by atoms with Gasteiger partial charge in [-0.25, -0.2) is 0 Å². The molecule has 0 aliphatic carbocycles. The second-order valence-corrected chi connectivity index (χ2v) is 6.48. The molecule has 2 aromatic carbocycles. The zero-order valence-electron chi connectivity index (χ0n) is 11.6. The van der Waals surface area contributed by atoms with Crippen LogP contribution in [-0.2, 0) is 11.3 Å². The van der Waals surface area contributed by atoms with Crippen molar-refractivity contribution in [1.82, 2.24) is 4.90 Å². The summed E-state index contributed by atoms with van der Waals surface area (Å²) < 4.78 is 0. The van der Waals surface area contributed by atoms with Gasteiger partial charge in [-0.2, -0.15) is 0 Å². The summed E-state index contributed by atoms with van der Waals surface area (Å²) in [6, 6.07) is 15.0. The Kier molecular flexibility index (Phi) is 5.97. The van der Waals surface area contributed by atoms with E-state index in [9.17, 15) is 4.79 Å². The number of nitrogens with zero attached hydrogens (tertiary/aromatic N) is 1. The van der Waals surface area contributed by atoms with Crippen LogP contribution in [-0.4, -0.2) is 23.6 Å². The summed E-state index contributed by atoms with van der Waals surface area (Å²) >= 11 is 13.4. The first kappa shape index (κ1) is 16.2. The molecule has 2 nitrogen and oxygen atoms in total. The molecule has 0 N–H and O–H groups in total. The third-order valence-corrected chi connectivity index (χ3v) is 4.58. The predicted molar refractivity (Wildman–Crippen MR) is 90.1 cm³/mol. The van der Waals surface area contributed by atoms with Gasteiger partial charge in [0.05, 0.1) is 5.75 Å². The molecule has 2 aromatic rings. The van der Waals surface area contributed by atoms with Crippen LogP contribution in [0.5, 0.6) is 0 Å². The SMILES string of the molecule is CN(Cc1ccccc1Cl)C(=O)CSc1ccc(Cl)cc1. The molecule has 0 saturated carbocycles. The summed E-state index contributed by atoms with van der Waals surface area (Å²) in [5.41, 5.74) is 0.950. The lowest BCUT2D eigenvalue weighted by Crippen LogP contribution is -2.27. The fourth-order valence-corrected chi connectivity index (χ4v) is 2.92. The molecular weight excluding hydrogens is 325 g/mol. The number of benzene rings is 2. The third-order valence-electron chi connectivity index (χ3n) is 2.97.